The molecule has 0 heterocycles. The molecule has 0 aliphatic heterocycles. The molecule has 0 N–H and O–H groups in total. The van der Waals surface area contributed by atoms with E-state index in [1.807, 2.05) is 30.3 Å². The second kappa shape index (κ2) is 6.39. The number of hydrogen-bond acceptors (Lipinski definition) is 2. The van der Waals surface area contributed by atoms with Crippen molar-refractivity contribution in [3.63, 3.8) is 0 Å². The van der Waals surface area contributed by atoms with Crippen molar-refractivity contribution in [2.24, 2.45) is 0 Å². The van der Waals surface area contributed by atoms with Crippen LogP contribution >= 0.6 is 11.6 Å². The summed E-state index contributed by atoms with van der Waals surface area (Å²) in [6.07, 6.45) is 1.76. The molecule has 0 saturated heterocycles. The fraction of sp³-hybridized carbons (Fsp3) is 0.188. The van der Waals surface area contributed by atoms with Crippen LogP contribution in [0.3, 0.4) is 0 Å². The SMILES string of the molecule is CCCOc1ccc(-c2ccc(Cl)c(C=O)c2)cc1. The highest BCUT2D eigenvalue weighted by Gasteiger charge is 2.03. The Labute approximate surface area is 118 Å². The van der Waals surface area contributed by atoms with Crippen molar-refractivity contribution in [1.82, 2.24) is 0 Å². The number of aldehydes is 1. The van der Waals surface area contributed by atoms with E-state index in [1.165, 1.54) is 0 Å². The van der Waals surface area contributed by atoms with Gasteiger partial charge in [-0.15, -0.1) is 0 Å². The average molecular weight is 275 g/mol. The number of carbonyl (C=O) groups is 1. The van der Waals surface area contributed by atoms with E-state index >= 15 is 0 Å². The van der Waals surface area contributed by atoms with Crippen LogP contribution in [0.5, 0.6) is 5.75 Å². The average Bonchev–Trinajstić information content (AvgIpc) is 2.46. The Morgan fingerprint density at radius 3 is 2.42 bits per heavy atom. The Hall–Kier alpha value is -1.80. The first-order valence-corrected chi connectivity index (χ1v) is 6.60. The van der Waals surface area contributed by atoms with Crippen molar-refractivity contribution in [2.45, 2.75) is 13.3 Å². The zero-order valence-corrected chi connectivity index (χ0v) is 11.5. The number of halogens is 1. The largest absolute Gasteiger partial charge is 0.494 e. The molecule has 2 rings (SSSR count). The van der Waals surface area contributed by atoms with Crippen molar-refractivity contribution in [1.29, 1.82) is 0 Å². The molecule has 0 amide bonds. The minimum absolute atomic E-state index is 0.474. The van der Waals surface area contributed by atoms with Crippen LogP contribution in [-0.2, 0) is 0 Å². The Balaban J connectivity index is 2.24. The third-order valence-electron chi connectivity index (χ3n) is 2.78. The summed E-state index contributed by atoms with van der Waals surface area (Å²) in [6, 6.07) is 13.2. The maximum absolute atomic E-state index is 10.9. The molecular weight excluding hydrogens is 260 g/mol. The highest BCUT2D eigenvalue weighted by Crippen LogP contribution is 2.26. The van der Waals surface area contributed by atoms with Gasteiger partial charge in [0.1, 0.15) is 5.75 Å². The molecule has 0 radical (unpaired) electrons. The van der Waals surface area contributed by atoms with Crippen molar-refractivity contribution < 1.29 is 9.53 Å². The van der Waals surface area contributed by atoms with Crippen molar-refractivity contribution in [3.8, 4) is 16.9 Å². The van der Waals surface area contributed by atoms with Gasteiger partial charge >= 0.3 is 0 Å². The van der Waals surface area contributed by atoms with Crippen molar-refractivity contribution in [2.75, 3.05) is 6.61 Å². The molecule has 0 saturated carbocycles. The molecule has 0 aliphatic carbocycles. The number of carbonyl (C=O) groups excluding carboxylic acids is 1. The molecular formula is C16H15ClO2. The number of hydrogen-bond donors (Lipinski definition) is 0. The molecule has 19 heavy (non-hydrogen) atoms. The van der Waals surface area contributed by atoms with Crippen LogP contribution in [0.25, 0.3) is 11.1 Å². The summed E-state index contributed by atoms with van der Waals surface area (Å²) in [5.74, 6) is 0.857. The van der Waals surface area contributed by atoms with Gasteiger partial charge in [0.05, 0.1) is 11.6 Å². The van der Waals surface area contributed by atoms with Gasteiger partial charge in [-0.2, -0.15) is 0 Å². The van der Waals surface area contributed by atoms with E-state index in [9.17, 15) is 4.79 Å². The molecule has 2 aromatic rings. The number of rotatable bonds is 5. The van der Waals surface area contributed by atoms with Gasteiger partial charge in [0.15, 0.2) is 6.29 Å². The van der Waals surface area contributed by atoms with Gasteiger partial charge in [0, 0.05) is 5.56 Å². The lowest BCUT2D eigenvalue weighted by molar-refractivity contribution is 0.112. The first kappa shape index (κ1) is 13.6. The predicted molar refractivity (Wildman–Crippen MR) is 78.1 cm³/mol. The molecule has 2 aromatic carbocycles. The monoisotopic (exact) mass is 274 g/mol. The highest BCUT2D eigenvalue weighted by molar-refractivity contribution is 6.33. The Kier molecular flexibility index (Phi) is 4.58. The maximum atomic E-state index is 10.9. The van der Waals surface area contributed by atoms with Gasteiger partial charge in [-0.3, -0.25) is 4.79 Å². The van der Waals surface area contributed by atoms with E-state index in [2.05, 4.69) is 6.92 Å². The van der Waals surface area contributed by atoms with Crippen molar-refractivity contribution >= 4 is 17.9 Å². The fourth-order valence-corrected chi connectivity index (χ4v) is 1.94. The molecule has 0 aliphatic rings. The van der Waals surface area contributed by atoms with E-state index in [-0.39, 0.29) is 0 Å². The molecule has 0 unspecified atom stereocenters. The van der Waals surface area contributed by atoms with E-state index in [0.717, 1.165) is 36.2 Å². The normalized spacial score (nSPS) is 10.2. The summed E-state index contributed by atoms with van der Waals surface area (Å²) < 4.78 is 5.53. The Morgan fingerprint density at radius 2 is 1.79 bits per heavy atom. The molecule has 0 fully saturated rings. The lowest BCUT2D eigenvalue weighted by Gasteiger charge is -2.07. The number of benzene rings is 2. The van der Waals surface area contributed by atoms with Gasteiger partial charge in [-0.05, 0) is 41.8 Å². The summed E-state index contributed by atoms with van der Waals surface area (Å²) in [5.41, 5.74) is 2.50. The van der Waals surface area contributed by atoms with Gasteiger partial charge < -0.3 is 4.74 Å². The van der Waals surface area contributed by atoms with Crippen LogP contribution in [0, 0.1) is 0 Å². The lowest BCUT2D eigenvalue weighted by atomic mass is 10.0. The van der Waals surface area contributed by atoms with E-state index in [1.54, 1.807) is 12.1 Å². The predicted octanol–water partition coefficient (Wildman–Crippen LogP) is 4.61. The van der Waals surface area contributed by atoms with Crippen LogP contribution in [-0.4, -0.2) is 12.9 Å². The van der Waals surface area contributed by atoms with Crippen molar-refractivity contribution in [3.05, 3.63) is 53.1 Å². The smallest absolute Gasteiger partial charge is 0.151 e. The minimum Gasteiger partial charge on any atom is -0.494 e. The van der Waals surface area contributed by atoms with Crippen LogP contribution in [0.15, 0.2) is 42.5 Å². The third kappa shape index (κ3) is 3.36. The fourth-order valence-electron chi connectivity index (χ4n) is 1.78. The van der Waals surface area contributed by atoms with Crippen LogP contribution in [0.2, 0.25) is 5.02 Å². The van der Waals surface area contributed by atoms with Gasteiger partial charge in [-0.1, -0.05) is 36.7 Å². The highest BCUT2D eigenvalue weighted by atomic mass is 35.5. The zero-order chi connectivity index (χ0) is 13.7. The molecule has 2 nitrogen and oxygen atoms in total. The molecule has 0 aromatic heterocycles. The van der Waals surface area contributed by atoms with Gasteiger partial charge in [-0.25, -0.2) is 0 Å². The second-order valence-corrected chi connectivity index (χ2v) is 4.63. The molecule has 0 spiro atoms. The lowest BCUT2D eigenvalue weighted by Crippen LogP contribution is -1.94. The summed E-state index contributed by atoms with van der Waals surface area (Å²) in [4.78, 5) is 10.9. The standard InChI is InChI=1S/C16H15ClO2/c1-2-9-19-15-6-3-12(4-7-15)13-5-8-16(17)14(10-13)11-18/h3-8,10-11H,2,9H2,1H3. The first-order valence-electron chi connectivity index (χ1n) is 6.22. The zero-order valence-electron chi connectivity index (χ0n) is 10.7. The maximum Gasteiger partial charge on any atom is 0.151 e. The molecule has 0 atom stereocenters. The van der Waals surface area contributed by atoms with Crippen LogP contribution < -0.4 is 4.74 Å². The third-order valence-corrected chi connectivity index (χ3v) is 3.13. The number of ether oxygens (including phenoxy) is 1. The van der Waals surface area contributed by atoms with E-state index in [4.69, 9.17) is 16.3 Å². The second-order valence-electron chi connectivity index (χ2n) is 4.23. The summed E-state index contributed by atoms with van der Waals surface area (Å²) in [7, 11) is 0. The summed E-state index contributed by atoms with van der Waals surface area (Å²) in [5, 5.41) is 0.474. The Morgan fingerprint density at radius 1 is 1.11 bits per heavy atom. The van der Waals surface area contributed by atoms with E-state index < -0.39 is 0 Å². The Bertz CT molecular complexity index is 561. The topological polar surface area (TPSA) is 26.3 Å². The summed E-state index contributed by atoms with van der Waals surface area (Å²) >= 11 is 5.91. The molecule has 3 heteroatoms. The molecule has 98 valence electrons. The van der Waals surface area contributed by atoms with Crippen LogP contribution in [0.4, 0.5) is 0 Å². The van der Waals surface area contributed by atoms with Crippen LogP contribution in [0.1, 0.15) is 23.7 Å². The molecule has 0 bridgehead atoms. The van der Waals surface area contributed by atoms with Gasteiger partial charge in [0.2, 0.25) is 0 Å². The quantitative estimate of drug-likeness (QED) is 0.744. The summed E-state index contributed by atoms with van der Waals surface area (Å²) in [6.45, 7) is 2.79. The minimum atomic E-state index is 0.474. The first-order chi connectivity index (χ1) is 9.24. The van der Waals surface area contributed by atoms with E-state index in [0.29, 0.717) is 10.6 Å². The van der Waals surface area contributed by atoms with Gasteiger partial charge in [0.25, 0.3) is 0 Å².